The summed E-state index contributed by atoms with van der Waals surface area (Å²) in [4.78, 5) is 5.02. The monoisotopic (exact) mass is 318 g/mol. The quantitative estimate of drug-likeness (QED) is 0.873. The Morgan fingerprint density at radius 2 is 1.74 bits per heavy atom. The Hall–Kier alpha value is -1.10. The molecule has 1 atom stereocenters. The maximum Gasteiger partial charge on any atom is 0.119 e. The molecule has 3 rings (SSSR count). The van der Waals surface area contributed by atoms with Crippen molar-refractivity contribution in [3.05, 3.63) is 29.8 Å². The van der Waals surface area contributed by atoms with Crippen molar-refractivity contribution in [2.45, 2.75) is 44.8 Å². The van der Waals surface area contributed by atoms with Crippen LogP contribution in [0.15, 0.2) is 24.3 Å². The molecular formula is C19H30N2O2. The highest BCUT2D eigenvalue weighted by Gasteiger charge is 2.26. The SMILES string of the molecule is Cc1ccc(OCC(O)CN2CCN(C3CCCC3)CC2)cc1. The minimum atomic E-state index is -0.422. The van der Waals surface area contributed by atoms with Crippen molar-refractivity contribution in [2.75, 3.05) is 39.3 Å². The summed E-state index contributed by atoms with van der Waals surface area (Å²) in [5, 5.41) is 10.2. The molecule has 2 fully saturated rings. The van der Waals surface area contributed by atoms with Gasteiger partial charge in [-0.3, -0.25) is 9.80 Å². The smallest absolute Gasteiger partial charge is 0.119 e. The molecule has 4 nitrogen and oxygen atoms in total. The van der Waals surface area contributed by atoms with Crippen LogP contribution in [0.2, 0.25) is 0 Å². The lowest BCUT2D eigenvalue weighted by Crippen LogP contribution is -2.51. The van der Waals surface area contributed by atoms with E-state index in [0.29, 0.717) is 13.2 Å². The first-order valence-electron chi connectivity index (χ1n) is 9.04. The number of hydrogen-bond donors (Lipinski definition) is 1. The van der Waals surface area contributed by atoms with Crippen LogP contribution in [0.3, 0.4) is 0 Å². The van der Waals surface area contributed by atoms with Crippen LogP contribution < -0.4 is 4.74 Å². The summed E-state index contributed by atoms with van der Waals surface area (Å²) in [6, 6.07) is 8.81. The number of aliphatic hydroxyl groups is 1. The lowest BCUT2D eigenvalue weighted by molar-refractivity contribution is 0.0370. The Morgan fingerprint density at radius 3 is 2.39 bits per heavy atom. The van der Waals surface area contributed by atoms with Crippen molar-refractivity contribution in [3.63, 3.8) is 0 Å². The summed E-state index contributed by atoms with van der Waals surface area (Å²) in [6.45, 7) is 7.57. The fourth-order valence-electron chi connectivity index (χ4n) is 3.76. The van der Waals surface area contributed by atoms with E-state index in [1.54, 1.807) is 0 Å². The van der Waals surface area contributed by atoms with Gasteiger partial charge in [-0.2, -0.15) is 0 Å². The van der Waals surface area contributed by atoms with Gasteiger partial charge in [0, 0.05) is 38.8 Å². The molecule has 1 aliphatic heterocycles. The summed E-state index contributed by atoms with van der Waals surface area (Å²) in [6.07, 6.45) is 5.15. The molecule has 1 aromatic carbocycles. The molecule has 1 saturated carbocycles. The van der Waals surface area contributed by atoms with Crippen LogP contribution in [0.4, 0.5) is 0 Å². The lowest BCUT2D eigenvalue weighted by Gasteiger charge is -2.38. The number of rotatable bonds is 6. The van der Waals surface area contributed by atoms with E-state index in [-0.39, 0.29) is 0 Å². The van der Waals surface area contributed by atoms with E-state index in [4.69, 9.17) is 4.74 Å². The molecule has 23 heavy (non-hydrogen) atoms. The predicted octanol–water partition coefficient (Wildman–Crippen LogP) is 2.29. The topological polar surface area (TPSA) is 35.9 Å². The molecule has 0 radical (unpaired) electrons. The van der Waals surface area contributed by atoms with E-state index >= 15 is 0 Å². The maximum absolute atomic E-state index is 10.2. The van der Waals surface area contributed by atoms with Crippen LogP contribution in [-0.4, -0.2) is 66.4 Å². The molecule has 0 aromatic heterocycles. The van der Waals surface area contributed by atoms with Crippen LogP contribution >= 0.6 is 0 Å². The average Bonchev–Trinajstić information content (AvgIpc) is 3.09. The zero-order valence-electron chi connectivity index (χ0n) is 14.3. The van der Waals surface area contributed by atoms with Crippen LogP contribution in [0, 0.1) is 6.92 Å². The van der Waals surface area contributed by atoms with Gasteiger partial charge in [-0.25, -0.2) is 0 Å². The van der Waals surface area contributed by atoms with Crippen molar-refractivity contribution in [1.29, 1.82) is 0 Å². The highest BCUT2D eigenvalue weighted by Crippen LogP contribution is 2.24. The maximum atomic E-state index is 10.2. The molecule has 4 heteroatoms. The van der Waals surface area contributed by atoms with Crippen molar-refractivity contribution in [1.82, 2.24) is 9.80 Å². The second-order valence-electron chi connectivity index (χ2n) is 7.05. The molecular weight excluding hydrogens is 288 g/mol. The van der Waals surface area contributed by atoms with Gasteiger partial charge in [-0.1, -0.05) is 30.5 Å². The largest absolute Gasteiger partial charge is 0.491 e. The Kier molecular flexibility index (Phi) is 5.92. The number of β-amino-alcohol motifs (C(OH)–C–C–N with tert-alkyl or cyclic N) is 1. The Balaban J connectivity index is 1.35. The van der Waals surface area contributed by atoms with Crippen molar-refractivity contribution in [3.8, 4) is 5.75 Å². The molecule has 1 saturated heterocycles. The molecule has 1 unspecified atom stereocenters. The van der Waals surface area contributed by atoms with Crippen LogP contribution in [0.25, 0.3) is 0 Å². The zero-order valence-corrected chi connectivity index (χ0v) is 14.3. The number of hydrogen-bond acceptors (Lipinski definition) is 4. The summed E-state index contributed by atoms with van der Waals surface area (Å²) in [5.41, 5.74) is 1.22. The predicted molar refractivity (Wildman–Crippen MR) is 92.9 cm³/mol. The molecule has 0 bridgehead atoms. The molecule has 1 aromatic rings. The van der Waals surface area contributed by atoms with Gasteiger partial charge in [0.25, 0.3) is 0 Å². The van der Waals surface area contributed by atoms with E-state index in [9.17, 15) is 5.11 Å². The number of nitrogens with zero attached hydrogens (tertiary/aromatic N) is 2. The van der Waals surface area contributed by atoms with Crippen molar-refractivity contribution < 1.29 is 9.84 Å². The van der Waals surface area contributed by atoms with Gasteiger partial charge in [0.15, 0.2) is 0 Å². The lowest BCUT2D eigenvalue weighted by atomic mass is 10.1. The molecule has 1 heterocycles. The number of aliphatic hydroxyl groups excluding tert-OH is 1. The fourth-order valence-corrected chi connectivity index (χ4v) is 3.76. The fraction of sp³-hybridized carbons (Fsp3) is 0.684. The Morgan fingerprint density at radius 1 is 1.09 bits per heavy atom. The van der Waals surface area contributed by atoms with E-state index in [0.717, 1.165) is 38.0 Å². The number of piperazine rings is 1. The zero-order chi connectivity index (χ0) is 16.1. The highest BCUT2D eigenvalue weighted by molar-refractivity contribution is 5.26. The van der Waals surface area contributed by atoms with Gasteiger partial charge >= 0.3 is 0 Å². The molecule has 1 aliphatic carbocycles. The van der Waals surface area contributed by atoms with E-state index in [1.165, 1.54) is 31.2 Å². The van der Waals surface area contributed by atoms with Crippen LogP contribution in [0.5, 0.6) is 5.75 Å². The second kappa shape index (κ2) is 8.13. The number of aryl methyl sites for hydroxylation is 1. The van der Waals surface area contributed by atoms with E-state index in [2.05, 4.69) is 16.7 Å². The van der Waals surface area contributed by atoms with Crippen LogP contribution in [0.1, 0.15) is 31.2 Å². The summed E-state index contributed by atoms with van der Waals surface area (Å²) < 4.78 is 5.68. The van der Waals surface area contributed by atoms with Crippen LogP contribution in [-0.2, 0) is 0 Å². The molecule has 0 spiro atoms. The van der Waals surface area contributed by atoms with Gasteiger partial charge in [0.2, 0.25) is 0 Å². The third kappa shape index (κ3) is 4.93. The van der Waals surface area contributed by atoms with Gasteiger partial charge in [-0.15, -0.1) is 0 Å². The van der Waals surface area contributed by atoms with Gasteiger partial charge in [0.05, 0.1) is 0 Å². The Bertz CT molecular complexity index is 463. The first-order chi connectivity index (χ1) is 11.2. The summed E-state index contributed by atoms with van der Waals surface area (Å²) >= 11 is 0. The summed E-state index contributed by atoms with van der Waals surface area (Å²) in [7, 11) is 0. The first kappa shape index (κ1) is 16.7. The van der Waals surface area contributed by atoms with Gasteiger partial charge in [-0.05, 0) is 31.9 Å². The van der Waals surface area contributed by atoms with Gasteiger partial charge in [0.1, 0.15) is 18.5 Å². The van der Waals surface area contributed by atoms with Crippen molar-refractivity contribution >= 4 is 0 Å². The van der Waals surface area contributed by atoms with Crippen molar-refractivity contribution in [2.24, 2.45) is 0 Å². The Labute approximate surface area is 140 Å². The standard InChI is InChI=1S/C19H30N2O2/c1-16-6-8-19(9-7-16)23-15-18(22)14-20-10-12-21(13-11-20)17-4-2-3-5-17/h6-9,17-18,22H,2-5,10-15H2,1H3. The van der Waals surface area contributed by atoms with E-state index < -0.39 is 6.10 Å². The van der Waals surface area contributed by atoms with E-state index in [1.807, 2.05) is 24.3 Å². The highest BCUT2D eigenvalue weighted by atomic mass is 16.5. The molecule has 128 valence electrons. The second-order valence-corrected chi connectivity index (χ2v) is 7.05. The third-order valence-electron chi connectivity index (χ3n) is 5.18. The average molecular weight is 318 g/mol. The molecule has 0 amide bonds. The minimum absolute atomic E-state index is 0.367. The normalized spacial score (nSPS) is 22.3. The molecule has 1 N–H and O–H groups in total. The number of ether oxygens (including phenoxy) is 1. The summed E-state index contributed by atoms with van der Waals surface area (Å²) in [5.74, 6) is 0.834. The third-order valence-corrected chi connectivity index (χ3v) is 5.18. The first-order valence-corrected chi connectivity index (χ1v) is 9.04. The molecule has 2 aliphatic rings. The minimum Gasteiger partial charge on any atom is -0.491 e. The number of benzene rings is 1. The van der Waals surface area contributed by atoms with Gasteiger partial charge < -0.3 is 9.84 Å².